The molecule has 0 saturated carbocycles. The molecule has 0 spiro atoms. The molecule has 0 unspecified atom stereocenters. The van der Waals surface area contributed by atoms with Crippen molar-refractivity contribution < 1.29 is 0 Å². The lowest BCUT2D eigenvalue weighted by Crippen LogP contribution is -2.08. The van der Waals surface area contributed by atoms with Crippen LogP contribution < -0.4 is 5.32 Å². The van der Waals surface area contributed by atoms with E-state index in [0.29, 0.717) is 5.02 Å². The van der Waals surface area contributed by atoms with E-state index in [2.05, 4.69) is 19.7 Å². The van der Waals surface area contributed by atoms with Crippen molar-refractivity contribution in [2.24, 2.45) is 0 Å². The summed E-state index contributed by atoms with van der Waals surface area (Å²) in [5, 5.41) is 7.74. The highest BCUT2D eigenvalue weighted by molar-refractivity contribution is 7.99. The average Bonchev–Trinajstić information content (AvgIpc) is 2.96. The van der Waals surface area contributed by atoms with E-state index < -0.39 is 0 Å². The molecule has 98 valence electrons. The molecule has 0 aromatic carbocycles. The molecule has 0 fully saturated rings. The molecule has 0 amide bonds. The maximum absolute atomic E-state index is 5.84. The Labute approximate surface area is 123 Å². The van der Waals surface area contributed by atoms with E-state index in [0.717, 1.165) is 27.3 Å². The van der Waals surface area contributed by atoms with Crippen molar-refractivity contribution >= 4 is 39.7 Å². The van der Waals surface area contributed by atoms with E-state index in [9.17, 15) is 0 Å². The van der Waals surface area contributed by atoms with Gasteiger partial charge < -0.3 is 5.32 Å². The van der Waals surface area contributed by atoms with Gasteiger partial charge in [0.15, 0.2) is 4.96 Å². The van der Waals surface area contributed by atoms with Crippen molar-refractivity contribution in [3.8, 4) is 0 Å². The second kappa shape index (κ2) is 5.50. The lowest BCUT2D eigenvalue weighted by molar-refractivity contribution is 0.765. The summed E-state index contributed by atoms with van der Waals surface area (Å²) in [6.45, 7) is 0.772. The molecule has 1 N–H and O–H groups in total. The number of rotatable bonds is 4. The maximum Gasteiger partial charge on any atom is 0.194 e. The van der Waals surface area contributed by atoms with Crippen LogP contribution in [0.5, 0.6) is 0 Å². The van der Waals surface area contributed by atoms with Gasteiger partial charge >= 0.3 is 0 Å². The molecule has 3 aromatic heterocycles. The third kappa shape index (κ3) is 2.62. The molecule has 0 saturated heterocycles. The highest BCUT2D eigenvalue weighted by Gasteiger charge is 2.14. The van der Waals surface area contributed by atoms with E-state index in [1.54, 1.807) is 29.3 Å². The number of fused-ring (bicyclic) bond motifs is 1. The van der Waals surface area contributed by atoms with Gasteiger partial charge in [-0.25, -0.2) is 9.97 Å². The van der Waals surface area contributed by atoms with Crippen LogP contribution in [0.1, 0.15) is 5.69 Å². The molecule has 3 aromatic rings. The lowest BCUT2D eigenvalue weighted by atomic mass is 10.5. The van der Waals surface area contributed by atoms with Gasteiger partial charge in [0.1, 0.15) is 10.1 Å². The topological polar surface area (TPSA) is 42.2 Å². The van der Waals surface area contributed by atoms with Gasteiger partial charge in [-0.1, -0.05) is 11.6 Å². The molecule has 0 radical (unpaired) electrons. The standard InChI is InChI=1S/C12H11ClN4S2/c1-14-7-9-11(16-12-17(9)4-5-18-12)19-10-3-2-8(13)6-15-10/h2-6,14H,7H2,1H3. The number of nitrogens with zero attached hydrogens (tertiary/aromatic N) is 3. The second-order valence-electron chi connectivity index (χ2n) is 3.87. The SMILES string of the molecule is CNCc1c(Sc2ccc(Cl)cn2)nc2sccn12. The van der Waals surface area contributed by atoms with Gasteiger partial charge in [-0.05, 0) is 30.9 Å². The minimum Gasteiger partial charge on any atom is -0.314 e. The van der Waals surface area contributed by atoms with E-state index >= 15 is 0 Å². The number of thiazole rings is 1. The quantitative estimate of drug-likeness (QED) is 0.803. The van der Waals surface area contributed by atoms with Crippen LogP contribution in [0.15, 0.2) is 40.0 Å². The number of hydrogen-bond acceptors (Lipinski definition) is 5. The van der Waals surface area contributed by atoms with Crippen LogP contribution in [0.2, 0.25) is 5.02 Å². The maximum atomic E-state index is 5.84. The third-order valence-electron chi connectivity index (χ3n) is 2.57. The van der Waals surface area contributed by atoms with Crippen LogP contribution in [-0.4, -0.2) is 21.4 Å². The Hall–Kier alpha value is -1.08. The first-order valence-corrected chi connectivity index (χ1v) is 7.74. The zero-order valence-electron chi connectivity index (χ0n) is 10.1. The molecule has 0 aliphatic heterocycles. The smallest absolute Gasteiger partial charge is 0.194 e. The predicted octanol–water partition coefficient (Wildman–Crippen LogP) is 3.31. The molecule has 0 aliphatic carbocycles. The zero-order valence-corrected chi connectivity index (χ0v) is 12.5. The Kier molecular flexibility index (Phi) is 3.74. The van der Waals surface area contributed by atoms with E-state index in [4.69, 9.17) is 11.6 Å². The zero-order chi connectivity index (χ0) is 13.2. The molecule has 7 heteroatoms. The summed E-state index contributed by atoms with van der Waals surface area (Å²) in [4.78, 5) is 9.94. The first-order valence-electron chi connectivity index (χ1n) is 5.66. The molecule has 3 rings (SSSR count). The molecule has 0 aliphatic rings. The van der Waals surface area contributed by atoms with Crippen LogP contribution in [-0.2, 0) is 6.54 Å². The normalized spacial score (nSPS) is 11.3. The van der Waals surface area contributed by atoms with Crippen molar-refractivity contribution in [1.82, 2.24) is 19.7 Å². The van der Waals surface area contributed by atoms with Crippen molar-refractivity contribution in [1.29, 1.82) is 0 Å². The van der Waals surface area contributed by atoms with Crippen molar-refractivity contribution in [3.63, 3.8) is 0 Å². The first-order chi connectivity index (χ1) is 9.28. The molecule has 4 nitrogen and oxygen atoms in total. The third-order valence-corrected chi connectivity index (χ3v) is 4.52. The monoisotopic (exact) mass is 310 g/mol. The fourth-order valence-corrected chi connectivity index (χ4v) is 3.51. The molecule has 19 heavy (non-hydrogen) atoms. The van der Waals surface area contributed by atoms with Crippen LogP contribution >= 0.6 is 34.7 Å². The van der Waals surface area contributed by atoms with Gasteiger partial charge in [0.25, 0.3) is 0 Å². The summed E-state index contributed by atoms with van der Waals surface area (Å²) in [7, 11) is 1.93. The molecule has 3 heterocycles. The summed E-state index contributed by atoms with van der Waals surface area (Å²) >= 11 is 9.03. The number of nitrogens with one attached hydrogen (secondary N) is 1. The average molecular weight is 311 g/mol. The van der Waals surface area contributed by atoms with Crippen molar-refractivity contribution in [3.05, 3.63) is 40.6 Å². The summed E-state index contributed by atoms with van der Waals surface area (Å²) in [6, 6.07) is 3.75. The van der Waals surface area contributed by atoms with E-state index in [-0.39, 0.29) is 0 Å². The summed E-state index contributed by atoms with van der Waals surface area (Å²) in [5.74, 6) is 0. The van der Waals surface area contributed by atoms with Gasteiger partial charge in [-0.15, -0.1) is 11.3 Å². The highest BCUT2D eigenvalue weighted by Crippen LogP contribution is 2.31. The van der Waals surface area contributed by atoms with Gasteiger partial charge in [0.05, 0.1) is 10.7 Å². The van der Waals surface area contributed by atoms with Crippen LogP contribution in [0, 0.1) is 0 Å². The summed E-state index contributed by atoms with van der Waals surface area (Å²) in [5.41, 5.74) is 1.15. The Morgan fingerprint density at radius 2 is 2.37 bits per heavy atom. The van der Waals surface area contributed by atoms with Crippen molar-refractivity contribution in [2.45, 2.75) is 16.6 Å². The van der Waals surface area contributed by atoms with Gasteiger partial charge in [-0.3, -0.25) is 4.40 Å². The van der Waals surface area contributed by atoms with Crippen LogP contribution in [0.3, 0.4) is 0 Å². The predicted molar refractivity (Wildman–Crippen MR) is 79.2 cm³/mol. The highest BCUT2D eigenvalue weighted by atomic mass is 35.5. The first kappa shape index (κ1) is 12.9. The number of aromatic nitrogens is 3. The van der Waals surface area contributed by atoms with Gasteiger partial charge in [0, 0.05) is 24.3 Å². The van der Waals surface area contributed by atoms with E-state index in [1.807, 2.05) is 30.8 Å². The van der Waals surface area contributed by atoms with Crippen LogP contribution in [0.4, 0.5) is 0 Å². The fraction of sp³-hybridized carbons (Fsp3) is 0.167. The minimum atomic E-state index is 0.644. The molecular weight excluding hydrogens is 300 g/mol. The number of imidazole rings is 1. The Balaban J connectivity index is 1.97. The minimum absolute atomic E-state index is 0.644. The van der Waals surface area contributed by atoms with E-state index in [1.165, 1.54) is 0 Å². The second-order valence-corrected chi connectivity index (χ2v) is 6.18. The van der Waals surface area contributed by atoms with Crippen molar-refractivity contribution in [2.75, 3.05) is 7.05 Å². The largest absolute Gasteiger partial charge is 0.314 e. The lowest BCUT2D eigenvalue weighted by Gasteiger charge is -2.02. The van der Waals surface area contributed by atoms with Gasteiger partial charge in [-0.2, -0.15) is 0 Å². The summed E-state index contributed by atoms with van der Waals surface area (Å²) < 4.78 is 2.11. The Bertz CT molecular complexity index is 689. The van der Waals surface area contributed by atoms with Gasteiger partial charge in [0.2, 0.25) is 0 Å². The number of hydrogen-bond donors (Lipinski definition) is 1. The fourth-order valence-electron chi connectivity index (χ4n) is 1.74. The summed E-state index contributed by atoms with van der Waals surface area (Å²) in [6.07, 6.45) is 3.69. The molecule has 0 bridgehead atoms. The number of halogens is 1. The Morgan fingerprint density at radius 3 is 3.11 bits per heavy atom. The molecular formula is C12H11ClN4S2. The van der Waals surface area contributed by atoms with Crippen LogP contribution in [0.25, 0.3) is 4.96 Å². The number of pyridine rings is 1. The Morgan fingerprint density at radius 1 is 1.47 bits per heavy atom. The molecule has 0 atom stereocenters.